The molecule has 0 aromatic heterocycles. The van der Waals surface area contributed by atoms with Gasteiger partial charge in [0.1, 0.15) is 5.82 Å². The highest BCUT2D eigenvalue weighted by Gasteiger charge is 2.22. The zero-order valence-corrected chi connectivity index (χ0v) is 11.0. The summed E-state index contributed by atoms with van der Waals surface area (Å²) in [5.41, 5.74) is -0.130. The van der Waals surface area contributed by atoms with E-state index >= 15 is 0 Å². The second-order valence-corrected chi connectivity index (χ2v) is 4.84. The molecule has 6 heteroatoms. The van der Waals surface area contributed by atoms with E-state index in [1.807, 2.05) is 0 Å². The highest BCUT2D eigenvalue weighted by Crippen LogP contribution is 2.20. The normalized spacial score (nSPS) is 13.8. The van der Waals surface area contributed by atoms with Gasteiger partial charge in [0.15, 0.2) is 0 Å². The monoisotopic (exact) mass is 280 g/mol. The van der Waals surface area contributed by atoms with E-state index in [2.05, 4.69) is 10.6 Å². The Bertz CT molecular complexity index is 515. The summed E-state index contributed by atoms with van der Waals surface area (Å²) in [6, 6.07) is 4.23. The van der Waals surface area contributed by atoms with E-state index in [4.69, 9.17) is 5.11 Å². The smallest absolute Gasteiger partial charge is 0.337 e. The van der Waals surface area contributed by atoms with Crippen LogP contribution in [0.25, 0.3) is 0 Å². The third kappa shape index (κ3) is 3.94. The first kappa shape index (κ1) is 14.3. The Morgan fingerprint density at radius 3 is 2.75 bits per heavy atom. The molecule has 0 spiro atoms. The number of nitrogens with one attached hydrogen (secondary N) is 2. The summed E-state index contributed by atoms with van der Waals surface area (Å²) < 4.78 is 13.6. The van der Waals surface area contributed by atoms with Crippen molar-refractivity contribution < 1.29 is 19.1 Å². The van der Waals surface area contributed by atoms with Gasteiger partial charge in [-0.2, -0.15) is 0 Å². The summed E-state index contributed by atoms with van der Waals surface area (Å²) in [6.45, 7) is 0.347. The Morgan fingerprint density at radius 1 is 1.35 bits per heavy atom. The number of aromatic carboxylic acids is 1. The molecule has 1 amide bonds. The minimum Gasteiger partial charge on any atom is -0.478 e. The third-order valence-corrected chi connectivity index (χ3v) is 3.07. The predicted octanol–water partition coefficient (Wildman–Crippen LogP) is 1.99. The number of halogens is 1. The van der Waals surface area contributed by atoms with Gasteiger partial charge in [-0.25, -0.2) is 9.18 Å². The Balaban J connectivity index is 1.81. The van der Waals surface area contributed by atoms with Crippen LogP contribution in [0.3, 0.4) is 0 Å². The summed E-state index contributed by atoms with van der Waals surface area (Å²) in [7, 11) is 0. The van der Waals surface area contributed by atoms with Gasteiger partial charge in [0, 0.05) is 19.0 Å². The first-order chi connectivity index (χ1) is 9.58. The number of carboxylic acid groups (broad SMARTS) is 1. The number of rotatable bonds is 7. The summed E-state index contributed by atoms with van der Waals surface area (Å²) in [5, 5.41) is 14.6. The van der Waals surface area contributed by atoms with Crippen molar-refractivity contribution in [1.82, 2.24) is 5.32 Å². The van der Waals surface area contributed by atoms with Crippen LogP contribution in [0, 0.1) is 5.82 Å². The van der Waals surface area contributed by atoms with Gasteiger partial charge in [0.25, 0.3) is 0 Å². The number of amides is 1. The first-order valence-electron chi connectivity index (χ1n) is 6.63. The predicted molar refractivity (Wildman–Crippen MR) is 72.2 cm³/mol. The molecule has 1 aliphatic carbocycles. The second-order valence-electron chi connectivity index (χ2n) is 4.84. The fourth-order valence-corrected chi connectivity index (χ4v) is 1.87. The molecule has 0 unspecified atom stereocenters. The standard InChI is InChI=1S/C14H17FN2O3/c15-11-4-1-3-10(14(19)20)13(11)16-8-2-5-12(18)17-9-6-7-9/h1,3-4,9,16H,2,5-8H2,(H,17,18)(H,19,20). The molecule has 0 bridgehead atoms. The van der Waals surface area contributed by atoms with Crippen molar-refractivity contribution in [2.45, 2.75) is 31.7 Å². The van der Waals surface area contributed by atoms with Crippen LogP contribution in [0.2, 0.25) is 0 Å². The maximum absolute atomic E-state index is 13.6. The number of hydrogen-bond donors (Lipinski definition) is 3. The molecule has 108 valence electrons. The van der Waals surface area contributed by atoms with Crippen molar-refractivity contribution in [2.75, 3.05) is 11.9 Å². The topological polar surface area (TPSA) is 78.4 Å². The van der Waals surface area contributed by atoms with Crippen molar-refractivity contribution in [3.8, 4) is 0 Å². The second kappa shape index (κ2) is 6.36. The van der Waals surface area contributed by atoms with Gasteiger partial charge >= 0.3 is 5.97 Å². The van der Waals surface area contributed by atoms with Crippen LogP contribution >= 0.6 is 0 Å². The van der Waals surface area contributed by atoms with Crippen LogP contribution in [0.15, 0.2) is 18.2 Å². The molecule has 0 heterocycles. The third-order valence-electron chi connectivity index (χ3n) is 3.07. The number of hydrogen-bond acceptors (Lipinski definition) is 3. The average molecular weight is 280 g/mol. The van der Waals surface area contributed by atoms with Crippen molar-refractivity contribution in [1.29, 1.82) is 0 Å². The zero-order chi connectivity index (χ0) is 14.5. The molecule has 0 radical (unpaired) electrons. The van der Waals surface area contributed by atoms with Gasteiger partial charge in [0.05, 0.1) is 11.3 Å². The van der Waals surface area contributed by atoms with Crippen molar-refractivity contribution in [3.05, 3.63) is 29.6 Å². The Kier molecular flexibility index (Phi) is 4.55. The van der Waals surface area contributed by atoms with E-state index in [0.29, 0.717) is 25.4 Å². The number of benzene rings is 1. The van der Waals surface area contributed by atoms with E-state index in [1.165, 1.54) is 18.2 Å². The summed E-state index contributed by atoms with van der Waals surface area (Å²) in [5.74, 6) is -1.80. The molecular weight excluding hydrogens is 263 g/mol. The largest absolute Gasteiger partial charge is 0.478 e. The Morgan fingerprint density at radius 2 is 2.10 bits per heavy atom. The summed E-state index contributed by atoms with van der Waals surface area (Å²) in [4.78, 5) is 22.4. The number of carbonyl (C=O) groups excluding carboxylic acids is 1. The van der Waals surface area contributed by atoms with E-state index < -0.39 is 11.8 Å². The van der Waals surface area contributed by atoms with Crippen molar-refractivity contribution >= 4 is 17.6 Å². The Hall–Kier alpha value is -2.11. The van der Waals surface area contributed by atoms with Gasteiger partial charge in [-0.15, -0.1) is 0 Å². The first-order valence-corrected chi connectivity index (χ1v) is 6.63. The molecule has 1 aromatic rings. The maximum Gasteiger partial charge on any atom is 0.337 e. The van der Waals surface area contributed by atoms with Crippen LogP contribution < -0.4 is 10.6 Å². The quantitative estimate of drug-likeness (QED) is 0.667. The molecule has 5 nitrogen and oxygen atoms in total. The molecule has 0 aliphatic heterocycles. The fourth-order valence-electron chi connectivity index (χ4n) is 1.87. The minimum atomic E-state index is -1.18. The molecule has 2 rings (SSSR count). The molecule has 20 heavy (non-hydrogen) atoms. The molecule has 1 fully saturated rings. The molecule has 1 aliphatic rings. The van der Waals surface area contributed by atoms with Gasteiger partial charge in [0.2, 0.25) is 5.91 Å². The summed E-state index contributed by atoms with van der Waals surface area (Å²) in [6.07, 6.45) is 2.95. The highest BCUT2D eigenvalue weighted by atomic mass is 19.1. The lowest BCUT2D eigenvalue weighted by atomic mass is 10.1. The van der Waals surface area contributed by atoms with Crippen molar-refractivity contribution in [2.24, 2.45) is 0 Å². The van der Waals surface area contributed by atoms with Crippen LogP contribution in [0.1, 0.15) is 36.0 Å². The lowest BCUT2D eigenvalue weighted by molar-refractivity contribution is -0.121. The number of carboxylic acids is 1. The zero-order valence-electron chi connectivity index (χ0n) is 11.0. The maximum atomic E-state index is 13.6. The molecule has 1 saturated carbocycles. The molecule has 3 N–H and O–H groups in total. The molecule has 1 aromatic carbocycles. The van der Waals surface area contributed by atoms with E-state index in [1.54, 1.807) is 0 Å². The van der Waals surface area contributed by atoms with Crippen molar-refractivity contribution in [3.63, 3.8) is 0 Å². The van der Waals surface area contributed by atoms with Gasteiger partial charge < -0.3 is 15.7 Å². The molecule has 0 atom stereocenters. The van der Waals surface area contributed by atoms with Gasteiger partial charge in [-0.3, -0.25) is 4.79 Å². The van der Waals surface area contributed by atoms with E-state index in [9.17, 15) is 14.0 Å². The number of para-hydroxylation sites is 1. The fraction of sp³-hybridized carbons (Fsp3) is 0.429. The van der Waals surface area contributed by atoms with E-state index in [-0.39, 0.29) is 17.2 Å². The number of anilines is 1. The Labute approximate surface area is 116 Å². The highest BCUT2D eigenvalue weighted by molar-refractivity contribution is 5.94. The van der Waals surface area contributed by atoms with Crippen LogP contribution in [-0.4, -0.2) is 29.6 Å². The van der Waals surface area contributed by atoms with Gasteiger partial charge in [-0.05, 0) is 31.4 Å². The van der Waals surface area contributed by atoms with Crippen LogP contribution in [0.4, 0.5) is 10.1 Å². The molecule has 0 saturated heterocycles. The van der Waals surface area contributed by atoms with E-state index in [0.717, 1.165) is 12.8 Å². The minimum absolute atomic E-state index is 0.0127. The lowest BCUT2D eigenvalue weighted by Crippen LogP contribution is -2.25. The van der Waals surface area contributed by atoms with Crippen LogP contribution in [0.5, 0.6) is 0 Å². The summed E-state index contributed by atoms with van der Waals surface area (Å²) >= 11 is 0. The van der Waals surface area contributed by atoms with Crippen LogP contribution in [-0.2, 0) is 4.79 Å². The average Bonchev–Trinajstić information content (AvgIpc) is 3.19. The SMILES string of the molecule is O=C(CCCNc1c(F)cccc1C(=O)O)NC1CC1. The van der Waals surface area contributed by atoms with Gasteiger partial charge in [-0.1, -0.05) is 6.07 Å². The number of carbonyl (C=O) groups is 2. The lowest BCUT2D eigenvalue weighted by Gasteiger charge is -2.10. The molecular formula is C14H17FN2O3.